The van der Waals surface area contributed by atoms with Crippen LogP contribution in [0.4, 0.5) is 0 Å². The standard InChI is InChI=1S/C10H6N4O2/c15-10-7(9-11-13-14-12-9)5-6-3-1-2-4-8(6)16-10/h1-5H,(H,11,12,13,14). The van der Waals surface area contributed by atoms with Crippen molar-refractivity contribution in [2.24, 2.45) is 0 Å². The van der Waals surface area contributed by atoms with Crippen LogP contribution in [0.15, 0.2) is 39.5 Å². The molecule has 2 aromatic heterocycles. The van der Waals surface area contributed by atoms with E-state index in [1.54, 1.807) is 18.2 Å². The number of H-pyrrole nitrogens is 1. The number of nitrogens with zero attached hydrogens (tertiary/aromatic N) is 3. The summed E-state index contributed by atoms with van der Waals surface area (Å²) in [6.07, 6.45) is 0. The predicted octanol–water partition coefficient (Wildman–Crippen LogP) is 0.973. The molecule has 3 aromatic rings. The zero-order valence-electron chi connectivity index (χ0n) is 8.04. The summed E-state index contributed by atoms with van der Waals surface area (Å²) in [7, 11) is 0. The molecule has 0 atom stereocenters. The van der Waals surface area contributed by atoms with Gasteiger partial charge in [0, 0.05) is 5.39 Å². The van der Waals surface area contributed by atoms with E-state index in [-0.39, 0.29) is 0 Å². The fourth-order valence-electron chi connectivity index (χ4n) is 1.50. The van der Waals surface area contributed by atoms with Gasteiger partial charge in [-0.2, -0.15) is 0 Å². The van der Waals surface area contributed by atoms with Crippen molar-refractivity contribution in [2.75, 3.05) is 0 Å². The zero-order valence-corrected chi connectivity index (χ0v) is 8.04. The SMILES string of the molecule is O=c1oc2ccccc2cc1-c1nnn[nH]1. The van der Waals surface area contributed by atoms with Crippen molar-refractivity contribution in [1.29, 1.82) is 0 Å². The van der Waals surface area contributed by atoms with Crippen LogP contribution < -0.4 is 5.63 Å². The van der Waals surface area contributed by atoms with E-state index in [9.17, 15) is 4.79 Å². The highest BCUT2D eigenvalue weighted by molar-refractivity contribution is 5.80. The maximum Gasteiger partial charge on any atom is 0.347 e. The molecule has 78 valence electrons. The first-order valence-corrected chi connectivity index (χ1v) is 4.61. The number of para-hydroxylation sites is 1. The molecule has 0 saturated carbocycles. The lowest BCUT2D eigenvalue weighted by Gasteiger charge is -1.97. The molecule has 1 N–H and O–H groups in total. The lowest BCUT2D eigenvalue weighted by atomic mass is 10.2. The Bertz CT molecular complexity index is 687. The summed E-state index contributed by atoms with van der Waals surface area (Å²) in [4.78, 5) is 11.6. The number of aromatic amines is 1. The Hall–Kier alpha value is -2.50. The summed E-state index contributed by atoms with van der Waals surface area (Å²) in [6.45, 7) is 0. The molecule has 6 nitrogen and oxygen atoms in total. The third-order valence-electron chi connectivity index (χ3n) is 2.24. The highest BCUT2D eigenvalue weighted by Gasteiger charge is 2.10. The van der Waals surface area contributed by atoms with Crippen molar-refractivity contribution in [3.05, 3.63) is 40.8 Å². The third-order valence-corrected chi connectivity index (χ3v) is 2.24. The molecule has 0 unspecified atom stereocenters. The van der Waals surface area contributed by atoms with Gasteiger partial charge in [-0.05, 0) is 22.6 Å². The Balaban J connectivity index is 2.34. The number of rotatable bonds is 1. The van der Waals surface area contributed by atoms with Gasteiger partial charge in [-0.3, -0.25) is 0 Å². The van der Waals surface area contributed by atoms with Crippen LogP contribution in [0.2, 0.25) is 0 Å². The van der Waals surface area contributed by atoms with E-state index in [4.69, 9.17) is 4.42 Å². The van der Waals surface area contributed by atoms with Gasteiger partial charge in [0.05, 0.1) is 0 Å². The number of nitrogens with one attached hydrogen (secondary N) is 1. The molecule has 16 heavy (non-hydrogen) atoms. The lowest BCUT2D eigenvalue weighted by Crippen LogP contribution is -2.03. The van der Waals surface area contributed by atoms with E-state index in [0.717, 1.165) is 5.39 Å². The predicted molar refractivity (Wildman–Crippen MR) is 55.7 cm³/mol. The maximum absolute atomic E-state index is 11.6. The van der Waals surface area contributed by atoms with Crippen LogP contribution in [-0.4, -0.2) is 20.6 Å². The van der Waals surface area contributed by atoms with Gasteiger partial charge in [-0.1, -0.05) is 18.2 Å². The van der Waals surface area contributed by atoms with E-state index in [1.165, 1.54) is 0 Å². The monoisotopic (exact) mass is 214 g/mol. The van der Waals surface area contributed by atoms with Gasteiger partial charge in [0.15, 0.2) is 5.82 Å². The normalized spacial score (nSPS) is 10.8. The molecule has 0 amide bonds. The summed E-state index contributed by atoms with van der Waals surface area (Å²) >= 11 is 0. The summed E-state index contributed by atoms with van der Waals surface area (Å²) in [5.74, 6) is 0.305. The second kappa shape index (κ2) is 3.27. The molecule has 0 fully saturated rings. The first kappa shape index (κ1) is 8.78. The number of hydrogen-bond acceptors (Lipinski definition) is 5. The second-order valence-corrected chi connectivity index (χ2v) is 3.24. The van der Waals surface area contributed by atoms with Crippen molar-refractivity contribution in [3.8, 4) is 11.4 Å². The largest absolute Gasteiger partial charge is 0.422 e. The van der Waals surface area contributed by atoms with Crippen LogP contribution in [0.3, 0.4) is 0 Å². The number of hydrogen-bond donors (Lipinski definition) is 1. The zero-order chi connectivity index (χ0) is 11.0. The topological polar surface area (TPSA) is 84.7 Å². The molecular weight excluding hydrogens is 208 g/mol. The molecule has 0 bridgehead atoms. The van der Waals surface area contributed by atoms with Crippen molar-refractivity contribution in [1.82, 2.24) is 20.6 Å². The van der Waals surface area contributed by atoms with Gasteiger partial charge >= 0.3 is 5.63 Å². The van der Waals surface area contributed by atoms with Gasteiger partial charge < -0.3 is 4.42 Å². The Labute approximate surface area is 88.9 Å². The molecular formula is C10H6N4O2. The Morgan fingerprint density at radius 2 is 2.12 bits per heavy atom. The van der Waals surface area contributed by atoms with E-state index in [0.29, 0.717) is 17.0 Å². The Kier molecular flexibility index (Phi) is 1.79. The van der Waals surface area contributed by atoms with Gasteiger partial charge in [-0.15, -0.1) is 5.10 Å². The van der Waals surface area contributed by atoms with Gasteiger partial charge in [0.1, 0.15) is 11.1 Å². The lowest BCUT2D eigenvalue weighted by molar-refractivity contribution is 0.563. The van der Waals surface area contributed by atoms with Gasteiger partial charge in [-0.25, -0.2) is 9.89 Å². The summed E-state index contributed by atoms with van der Waals surface area (Å²) < 4.78 is 5.15. The molecule has 0 aliphatic carbocycles. The highest BCUT2D eigenvalue weighted by atomic mass is 16.4. The average molecular weight is 214 g/mol. The third kappa shape index (κ3) is 1.28. The average Bonchev–Trinajstić information content (AvgIpc) is 2.81. The molecule has 1 aromatic carbocycles. The summed E-state index contributed by atoms with van der Waals surface area (Å²) in [5, 5.41) is 13.9. The van der Waals surface area contributed by atoms with E-state index in [1.807, 2.05) is 12.1 Å². The van der Waals surface area contributed by atoms with Crippen molar-refractivity contribution >= 4 is 11.0 Å². The fraction of sp³-hybridized carbons (Fsp3) is 0. The number of aromatic nitrogens is 4. The van der Waals surface area contributed by atoms with Crippen molar-refractivity contribution in [2.45, 2.75) is 0 Å². The minimum atomic E-state index is -0.461. The number of tetrazole rings is 1. The van der Waals surface area contributed by atoms with Crippen LogP contribution in [0.25, 0.3) is 22.4 Å². The second-order valence-electron chi connectivity index (χ2n) is 3.24. The summed E-state index contributed by atoms with van der Waals surface area (Å²) in [6, 6.07) is 8.96. The van der Waals surface area contributed by atoms with Crippen molar-refractivity contribution < 1.29 is 4.42 Å². The molecule has 0 spiro atoms. The van der Waals surface area contributed by atoms with E-state index < -0.39 is 5.63 Å². The first-order chi connectivity index (χ1) is 7.84. The fourth-order valence-corrected chi connectivity index (χ4v) is 1.50. The smallest absolute Gasteiger partial charge is 0.347 e. The molecule has 2 heterocycles. The highest BCUT2D eigenvalue weighted by Crippen LogP contribution is 2.16. The van der Waals surface area contributed by atoms with E-state index >= 15 is 0 Å². The first-order valence-electron chi connectivity index (χ1n) is 4.61. The van der Waals surface area contributed by atoms with Gasteiger partial charge in [0.25, 0.3) is 0 Å². The van der Waals surface area contributed by atoms with E-state index in [2.05, 4.69) is 20.6 Å². The molecule has 0 saturated heterocycles. The summed E-state index contributed by atoms with van der Waals surface area (Å²) in [5.41, 5.74) is 0.407. The Morgan fingerprint density at radius 3 is 2.94 bits per heavy atom. The number of fused-ring (bicyclic) bond motifs is 1. The Morgan fingerprint density at radius 1 is 1.25 bits per heavy atom. The molecule has 3 rings (SSSR count). The van der Waals surface area contributed by atoms with Crippen LogP contribution in [0.1, 0.15) is 0 Å². The minimum absolute atomic E-state index is 0.305. The van der Waals surface area contributed by atoms with Gasteiger partial charge in [0.2, 0.25) is 0 Å². The molecule has 0 aliphatic heterocycles. The molecule has 0 aliphatic rings. The number of benzene rings is 1. The van der Waals surface area contributed by atoms with Crippen LogP contribution in [-0.2, 0) is 0 Å². The van der Waals surface area contributed by atoms with Crippen LogP contribution in [0.5, 0.6) is 0 Å². The van der Waals surface area contributed by atoms with Crippen molar-refractivity contribution in [3.63, 3.8) is 0 Å². The molecule has 6 heteroatoms. The quantitative estimate of drug-likeness (QED) is 0.610. The van der Waals surface area contributed by atoms with Crippen LogP contribution >= 0.6 is 0 Å². The minimum Gasteiger partial charge on any atom is -0.422 e. The maximum atomic E-state index is 11.6. The molecule has 0 radical (unpaired) electrons. The van der Waals surface area contributed by atoms with Crippen LogP contribution in [0, 0.1) is 0 Å².